The Bertz CT molecular complexity index is 480. The van der Waals surface area contributed by atoms with E-state index in [1.54, 1.807) is 19.2 Å². The van der Waals surface area contributed by atoms with E-state index in [9.17, 15) is 18.0 Å². The molecule has 1 aromatic rings. The second kappa shape index (κ2) is 6.34. The zero-order chi connectivity index (χ0) is 15.5. The number of anilines is 2. The van der Waals surface area contributed by atoms with Crippen molar-refractivity contribution in [3.63, 3.8) is 0 Å². The molecule has 0 bridgehead atoms. The summed E-state index contributed by atoms with van der Waals surface area (Å²) in [5.41, 5.74) is 1.06. The highest BCUT2D eigenvalue weighted by Crippen LogP contribution is 2.24. The maximum atomic E-state index is 12.1. The summed E-state index contributed by atoms with van der Waals surface area (Å²) >= 11 is 0. The lowest BCUT2D eigenvalue weighted by Crippen LogP contribution is -2.36. The number of methoxy groups -OCH3 is 1. The summed E-state index contributed by atoms with van der Waals surface area (Å²) < 4.78 is 41.7. The molecule has 1 amide bonds. The van der Waals surface area contributed by atoms with Crippen molar-refractivity contribution >= 4 is 17.3 Å². The molecule has 1 saturated heterocycles. The number of amides is 1. The van der Waals surface area contributed by atoms with Gasteiger partial charge in [-0.2, -0.15) is 13.2 Å². The molecule has 0 aliphatic carbocycles. The Hall–Kier alpha value is -1.76. The van der Waals surface area contributed by atoms with Gasteiger partial charge in [-0.3, -0.25) is 4.79 Å². The minimum absolute atomic E-state index is 0.132. The minimum Gasteiger partial charge on any atom is -0.381 e. The van der Waals surface area contributed by atoms with Gasteiger partial charge < -0.3 is 15.0 Å². The van der Waals surface area contributed by atoms with E-state index in [0.717, 1.165) is 31.6 Å². The van der Waals surface area contributed by atoms with Crippen LogP contribution in [0.3, 0.4) is 0 Å². The number of benzene rings is 1. The SMILES string of the molecule is COC1CCN(c2ccc(NC(=O)C(F)(F)F)cc2)CC1. The number of hydrogen-bond donors (Lipinski definition) is 1. The van der Waals surface area contributed by atoms with Gasteiger partial charge in [0.2, 0.25) is 0 Å². The number of alkyl halides is 3. The van der Waals surface area contributed by atoms with Gasteiger partial charge in [-0.15, -0.1) is 0 Å². The fraction of sp³-hybridized carbons (Fsp3) is 0.500. The van der Waals surface area contributed by atoms with E-state index in [1.807, 2.05) is 5.32 Å². The topological polar surface area (TPSA) is 41.6 Å². The highest BCUT2D eigenvalue weighted by Gasteiger charge is 2.38. The number of nitrogens with zero attached hydrogens (tertiary/aromatic N) is 1. The van der Waals surface area contributed by atoms with Crippen molar-refractivity contribution in [2.75, 3.05) is 30.4 Å². The van der Waals surface area contributed by atoms with Crippen LogP contribution in [0.4, 0.5) is 24.5 Å². The molecule has 2 rings (SSSR count). The molecule has 1 N–H and O–H groups in total. The van der Waals surface area contributed by atoms with Crippen LogP contribution in [-0.4, -0.2) is 38.4 Å². The van der Waals surface area contributed by atoms with Gasteiger partial charge in [0.1, 0.15) is 0 Å². The summed E-state index contributed by atoms with van der Waals surface area (Å²) in [6, 6.07) is 6.36. The molecule has 0 radical (unpaired) electrons. The molecule has 1 aromatic carbocycles. The fourth-order valence-electron chi connectivity index (χ4n) is 2.31. The number of hydrogen-bond acceptors (Lipinski definition) is 3. The summed E-state index contributed by atoms with van der Waals surface area (Å²) in [5, 5.41) is 1.83. The number of piperidine rings is 1. The molecular formula is C14H17F3N2O2. The zero-order valence-electron chi connectivity index (χ0n) is 11.6. The fourth-order valence-corrected chi connectivity index (χ4v) is 2.31. The van der Waals surface area contributed by atoms with Gasteiger partial charge in [-0.25, -0.2) is 0 Å². The highest BCUT2D eigenvalue weighted by atomic mass is 19.4. The van der Waals surface area contributed by atoms with Crippen LogP contribution in [-0.2, 0) is 9.53 Å². The van der Waals surface area contributed by atoms with Crippen LogP contribution < -0.4 is 10.2 Å². The lowest BCUT2D eigenvalue weighted by atomic mass is 10.1. The van der Waals surface area contributed by atoms with Gasteiger partial charge in [0, 0.05) is 31.6 Å². The lowest BCUT2D eigenvalue weighted by Gasteiger charge is -2.33. The van der Waals surface area contributed by atoms with E-state index < -0.39 is 12.1 Å². The van der Waals surface area contributed by atoms with Gasteiger partial charge >= 0.3 is 12.1 Å². The molecule has 4 nitrogen and oxygen atoms in total. The van der Waals surface area contributed by atoms with Gasteiger partial charge in [0.25, 0.3) is 0 Å². The van der Waals surface area contributed by atoms with E-state index in [-0.39, 0.29) is 11.8 Å². The average Bonchev–Trinajstić information content (AvgIpc) is 2.47. The molecular weight excluding hydrogens is 285 g/mol. The van der Waals surface area contributed by atoms with E-state index >= 15 is 0 Å². The van der Waals surface area contributed by atoms with Crippen LogP contribution >= 0.6 is 0 Å². The number of carbonyl (C=O) groups excluding carboxylic acids is 1. The largest absolute Gasteiger partial charge is 0.471 e. The number of nitrogens with one attached hydrogen (secondary N) is 1. The molecule has 0 spiro atoms. The first-order chi connectivity index (χ1) is 9.90. The first-order valence-electron chi connectivity index (χ1n) is 6.66. The first kappa shape index (κ1) is 15.6. The molecule has 0 aromatic heterocycles. The van der Waals surface area contributed by atoms with Crippen molar-refractivity contribution in [1.29, 1.82) is 0 Å². The first-order valence-corrected chi connectivity index (χ1v) is 6.66. The molecule has 21 heavy (non-hydrogen) atoms. The molecule has 1 aliphatic heterocycles. The van der Waals surface area contributed by atoms with Crippen molar-refractivity contribution < 1.29 is 22.7 Å². The van der Waals surface area contributed by atoms with Crippen molar-refractivity contribution in [2.45, 2.75) is 25.1 Å². The van der Waals surface area contributed by atoms with Gasteiger partial charge in [-0.05, 0) is 37.1 Å². The van der Waals surface area contributed by atoms with Crippen LogP contribution in [0.5, 0.6) is 0 Å². The van der Waals surface area contributed by atoms with Crippen LogP contribution in [0.2, 0.25) is 0 Å². The maximum Gasteiger partial charge on any atom is 0.471 e. The third-order valence-corrected chi connectivity index (χ3v) is 3.52. The Balaban J connectivity index is 1.95. The number of ether oxygens (including phenoxy) is 1. The second-order valence-electron chi connectivity index (χ2n) is 4.92. The Kier molecular flexibility index (Phi) is 4.72. The molecule has 0 saturated carbocycles. The Morgan fingerprint density at radius 2 is 1.81 bits per heavy atom. The van der Waals surface area contributed by atoms with Crippen molar-refractivity contribution in [3.8, 4) is 0 Å². The van der Waals surface area contributed by atoms with Gasteiger partial charge in [-0.1, -0.05) is 0 Å². The second-order valence-corrected chi connectivity index (χ2v) is 4.92. The lowest BCUT2D eigenvalue weighted by molar-refractivity contribution is -0.167. The standard InChI is InChI=1S/C14H17F3N2O2/c1-21-12-6-8-19(9-7-12)11-4-2-10(3-5-11)18-13(20)14(15,16)17/h2-5,12H,6-9H2,1H3,(H,18,20). The van der Waals surface area contributed by atoms with Crippen LogP contribution in [0.1, 0.15) is 12.8 Å². The molecule has 1 fully saturated rings. The molecule has 1 aliphatic rings. The number of halogens is 3. The van der Waals surface area contributed by atoms with E-state index in [2.05, 4.69) is 4.90 Å². The molecule has 116 valence electrons. The third-order valence-electron chi connectivity index (χ3n) is 3.52. The Labute approximate surface area is 120 Å². The predicted molar refractivity (Wildman–Crippen MR) is 73.4 cm³/mol. The quantitative estimate of drug-likeness (QED) is 0.933. The Morgan fingerprint density at radius 3 is 2.29 bits per heavy atom. The zero-order valence-corrected chi connectivity index (χ0v) is 11.6. The van der Waals surface area contributed by atoms with E-state index in [4.69, 9.17) is 4.74 Å². The summed E-state index contributed by atoms with van der Waals surface area (Å²) in [7, 11) is 1.69. The normalized spacial score (nSPS) is 16.9. The minimum atomic E-state index is -4.87. The van der Waals surface area contributed by atoms with Crippen LogP contribution in [0.25, 0.3) is 0 Å². The van der Waals surface area contributed by atoms with Crippen LogP contribution in [0, 0.1) is 0 Å². The summed E-state index contributed by atoms with van der Waals surface area (Å²) in [6.07, 6.45) is -2.76. The summed E-state index contributed by atoms with van der Waals surface area (Å²) in [4.78, 5) is 13.0. The van der Waals surface area contributed by atoms with E-state index in [1.165, 1.54) is 12.1 Å². The Morgan fingerprint density at radius 1 is 1.24 bits per heavy atom. The number of carbonyl (C=O) groups is 1. The monoisotopic (exact) mass is 302 g/mol. The van der Waals surface area contributed by atoms with Crippen molar-refractivity contribution in [2.24, 2.45) is 0 Å². The van der Waals surface area contributed by atoms with Gasteiger partial charge in [0.15, 0.2) is 0 Å². The third kappa shape index (κ3) is 4.10. The van der Waals surface area contributed by atoms with E-state index in [0.29, 0.717) is 0 Å². The smallest absolute Gasteiger partial charge is 0.381 e. The molecule has 0 unspecified atom stereocenters. The molecule has 7 heteroatoms. The summed E-state index contributed by atoms with van der Waals surface area (Å²) in [6.45, 7) is 1.68. The molecule has 1 heterocycles. The van der Waals surface area contributed by atoms with Crippen LogP contribution in [0.15, 0.2) is 24.3 Å². The predicted octanol–water partition coefficient (Wildman–Crippen LogP) is 2.80. The molecule has 0 atom stereocenters. The summed E-state index contributed by atoms with van der Waals surface area (Å²) in [5.74, 6) is -1.96. The number of rotatable bonds is 3. The van der Waals surface area contributed by atoms with Crippen molar-refractivity contribution in [1.82, 2.24) is 0 Å². The maximum absolute atomic E-state index is 12.1. The average molecular weight is 302 g/mol. The highest BCUT2D eigenvalue weighted by molar-refractivity contribution is 5.95. The van der Waals surface area contributed by atoms with Crippen molar-refractivity contribution in [3.05, 3.63) is 24.3 Å². The van der Waals surface area contributed by atoms with Gasteiger partial charge in [0.05, 0.1) is 6.10 Å².